The molecule has 82 valence electrons. The first-order valence-corrected chi connectivity index (χ1v) is 4.25. The maximum absolute atomic E-state index is 5.37. The molecule has 4 N–H and O–H groups in total. The second kappa shape index (κ2) is 4.75. The number of hydrogen-bond acceptors (Lipinski definition) is 3. The number of fused-ring (bicyclic) bond motifs is 1. The molecule has 0 spiro atoms. The minimum atomic E-state index is 0. The van der Waals surface area contributed by atoms with Gasteiger partial charge in [0.05, 0.1) is 5.69 Å². The zero-order valence-corrected chi connectivity index (χ0v) is 8.79. The zero-order chi connectivity index (χ0) is 9.97. The molecule has 0 aromatic heterocycles. The van der Waals surface area contributed by atoms with Gasteiger partial charge in [0.15, 0.2) is 17.5 Å². The number of nitrogens with zero attached hydrogens (tertiary/aromatic N) is 1. The quantitative estimate of drug-likeness (QED) is 0.551. The first kappa shape index (κ1) is 11.5. The first-order chi connectivity index (χ1) is 6.75. The van der Waals surface area contributed by atoms with E-state index in [1.807, 2.05) is 0 Å². The van der Waals surface area contributed by atoms with E-state index >= 15 is 0 Å². The molecule has 0 fully saturated rings. The van der Waals surface area contributed by atoms with Gasteiger partial charge in [0.25, 0.3) is 0 Å². The monoisotopic (exact) mass is 229 g/mol. The number of ether oxygens (including phenoxy) is 2. The Balaban J connectivity index is 0.00000112. The number of halogens is 1. The highest BCUT2D eigenvalue weighted by Gasteiger charge is 2.11. The lowest BCUT2D eigenvalue weighted by molar-refractivity contribution is 0.171. The molecular formula is C9H12ClN3O2. The molecule has 2 rings (SSSR count). The molecule has 0 bridgehead atoms. The van der Waals surface area contributed by atoms with Crippen LogP contribution in [0.4, 0.5) is 5.69 Å². The van der Waals surface area contributed by atoms with Crippen molar-refractivity contribution in [2.75, 3.05) is 13.2 Å². The summed E-state index contributed by atoms with van der Waals surface area (Å²) in [5.74, 6) is 1.44. The van der Waals surface area contributed by atoms with E-state index in [2.05, 4.69) is 4.99 Å². The largest absolute Gasteiger partial charge is 0.486 e. The van der Waals surface area contributed by atoms with Crippen LogP contribution in [0.3, 0.4) is 0 Å². The minimum absolute atomic E-state index is 0. The Morgan fingerprint density at radius 2 is 1.80 bits per heavy atom. The van der Waals surface area contributed by atoms with Crippen LogP contribution in [-0.2, 0) is 0 Å². The van der Waals surface area contributed by atoms with Crippen molar-refractivity contribution in [1.82, 2.24) is 0 Å². The summed E-state index contributed by atoms with van der Waals surface area (Å²) in [5.41, 5.74) is 11.2. The van der Waals surface area contributed by atoms with Crippen LogP contribution in [0.1, 0.15) is 0 Å². The Labute approximate surface area is 93.5 Å². The van der Waals surface area contributed by atoms with Gasteiger partial charge in [-0.15, -0.1) is 12.4 Å². The molecule has 0 unspecified atom stereocenters. The SMILES string of the molecule is Cl.NC(N)=Nc1ccc2c(c1)OCCO2. The van der Waals surface area contributed by atoms with Crippen LogP contribution >= 0.6 is 12.4 Å². The third kappa shape index (κ3) is 2.66. The Kier molecular flexibility index (Phi) is 3.62. The average Bonchev–Trinajstić information content (AvgIpc) is 2.17. The molecule has 1 aromatic carbocycles. The molecule has 0 aliphatic carbocycles. The van der Waals surface area contributed by atoms with Crippen LogP contribution in [0, 0.1) is 0 Å². The molecule has 0 amide bonds. The predicted molar refractivity (Wildman–Crippen MR) is 60.1 cm³/mol. The van der Waals surface area contributed by atoms with Crippen LogP contribution in [0.5, 0.6) is 11.5 Å². The molecule has 5 nitrogen and oxygen atoms in total. The highest BCUT2D eigenvalue weighted by atomic mass is 35.5. The van der Waals surface area contributed by atoms with Gasteiger partial charge in [0.2, 0.25) is 0 Å². The Morgan fingerprint density at radius 3 is 2.47 bits per heavy atom. The fourth-order valence-electron chi connectivity index (χ4n) is 1.25. The molecule has 15 heavy (non-hydrogen) atoms. The lowest BCUT2D eigenvalue weighted by Crippen LogP contribution is -2.22. The predicted octanol–water partition coefficient (Wildman–Crippen LogP) is 0.785. The van der Waals surface area contributed by atoms with Crippen molar-refractivity contribution < 1.29 is 9.47 Å². The van der Waals surface area contributed by atoms with E-state index in [0.717, 1.165) is 5.75 Å². The summed E-state index contributed by atoms with van der Waals surface area (Å²) in [5, 5.41) is 0. The lowest BCUT2D eigenvalue weighted by atomic mass is 10.2. The van der Waals surface area contributed by atoms with Gasteiger partial charge in [0, 0.05) is 6.07 Å². The van der Waals surface area contributed by atoms with E-state index in [9.17, 15) is 0 Å². The second-order valence-electron chi connectivity index (χ2n) is 2.86. The summed E-state index contributed by atoms with van der Waals surface area (Å²) in [6.07, 6.45) is 0. The van der Waals surface area contributed by atoms with Crippen molar-refractivity contribution in [2.24, 2.45) is 16.5 Å². The van der Waals surface area contributed by atoms with Gasteiger partial charge in [0.1, 0.15) is 13.2 Å². The molecule has 1 aromatic rings. The molecule has 0 radical (unpaired) electrons. The molecule has 0 saturated heterocycles. The molecule has 1 heterocycles. The van der Waals surface area contributed by atoms with Crippen molar-refractivity contribution in [1.29, 1.82) is 0 Å². The summed E-state index contributed by atoms with van der Waals surface area (Å²) in [4.78, 5) is 3.90. The summed E-state index contributed by atoms with van der Waals surface area (Å²) in [6.45, 7) is 1.13. The fourth-order valence-corrected chi connectivity index (χ4v) is 1.25. The molecule has 6 heteroatoms. The van der Waals surface area contributed by atoms with E-state index < -0.39 is 0 Å². The smallest absolute Gasteiger partial charge is 0.191 e. The first-order valence-electron chi connectivity index (χ1n) is 4.25. The van der Waals surface area contributed by atoms with Gasteiger partial charge in [-0.1, -0.05) is 0 Å². The fraction of sp³-hybridized carbons (Fsp3) is 0.222. The van der Waals surface area contributed by atoms with E-state index in [1.54, 1.807) is 18.2 Å². The van der Waals surface area contributed by atoms with E-state index in [-0.39, 0.29) is 18.4 Å². The van der Waals surface area contributed by atoms with Crippen molar-refractivity contribution >= 4 is 24.1 Å². The lowest BCUT2D eigenvalue weighted by Gasteiger charge is -2.18. The number of rotatable bonds is 1. The maximum Gasteiger partial charge on any atom is 0.191 e. The minimum Gasteiger partial charge on any atom is -0.486 e. The molecule has 0 saturated carbocycles. The van der Waals surface area contributed by atoms with Crippen molar-refractivity contribution in [2.45, 2.75) is 0 Å². The van der Waals surface area contributed by atoms with E-state index in [1.165, 1.54) is 0 Å². The second-order valence-corrected chi connectivity index (χ2v) is 2.86. The van der Waals surface area contributed by atoms with Crippen LogP contribution in [0.2, 0.25) is 0 Å². The number of hydrogen-bond donors (Lipinski definition) is 2. The Hall–Kier alpha value is -1.62. The van der Waals surface area contributed by atoms with Gasteiger partial charge in [-0.25, -0.2) is 4.99 Å². The number of benzene rings is 1. The average molecular weight is 230 g/mol. The van der Waals surface area contributed by atoms with Crippen LogP contribution in [-0.4, -0.2) is 19.2 Å². The summed E-state index contributed by atoms with van der Waals surface area (Å²) in [6, 6.07) is 5.30. The zero-order valence-electron chi connectivity index (χ0n) is 7.97. The standard InChI is InChI=1S/C9H11N3O2.ClH/c10-9(11)12-6-1-2-7-8(5-6)14-4-3-13-7;/h1-2,5H,3-4H2,(H4,10,11,12);1H. The highest BCUT2D eigenvalue weighted by Crippen LogP contribution is 2.33. The molecule has 0 atom stereocenters. The summed E-state index contributed by atoms with van der Waals surface area (Å²) >= 11 is 0. The van der Waals surface area contributed by atoms with Crippen LogP contribution < -0.4 is 20.9 Å². The number of aliphatic imine (C=N–C) groups is 1. The van der Waals surface area contributed by atoms with Crippen LogP contribution in [0.15, 0.2) is 23.2 Å². The molecular weight excluding hydrogens is 218 g/mol. The van der Waals surface area contributed by atoms with Gasteiger partial charge < -0.3 is 20.9 Å². The third-order valence-electron chi connectivity index (χ3n) is 1.78. The summed E-state index contributed by atoms with van der Waals surface area (Å²) in [7, 11) is 0. The maximum atomic E-state index is 5.37. The van der Waals surface area contributed by atoms with Crippen molar-refractivity contribution in [3.63, 3.8) is 0 Å². The van der Waals surface area contributed by atoms with Crippen LogP contribution in [0.25, 0.3) is 0 Å². The normalized spacial score (nSPS) is 12.5. The van der Waals surface area contributed by atoms with Crippen molar-refractivity contribution in [3.8, 4) is 11.5 Å². The molecule has 1 aliphatic rings. The van der Waals surface area contributed by atoms with E-state index in [0.29, 0.717) is 24.7 Å². The van der Waals surface area contributed by atoms with Gasteiger partial charge in [-0.3, -0.25) is 0 Å². The van der Waals surface area contributed by atoms with Gasteiger partial charge >= 0.3 is 0 Å². The number of nitrogens with two attached hydrogens (primary N) is 2. The third-order valence-corrected chi connectivity index (χ3v) is 1.78. The Bertz CT molecular complexity index is 378. The van der Waals surface area contributed by atoms with Gasteiger partial charge in [-0.2, -0.15) is 0 Å². The van der Waals surface area contributed by atoms with E-state index in [4.69, 9.17) is 20.9 Å². The highest BCUT2D eigenvalue weighted by molar-refractivity contribution is 5.85. The van der Waals surface area contributed by atoms with Crippen molar-refractivity contribution in [3.05, 3.63) is 18.2 Å². The van der Waals surface area contributed by atoms with Gasteiger partial charge in [-0.05, 0) is 12.1 Å². The summed E-state index contributed by atoms with van der Waals surface area (Å²) < 4.78 is 10.7. The molecule has 1 aliphatic heterocycles. The Morgan fingerprint density at radius 1 is 1.13 bits per heavy atom. The topological polar surface area (TPSA) is 82.9 Å². The number of guanidine groups is 1.